The number of ether oxygens (including phenoxy) is 3. The van der Waals surface area contributed by atoms with Crippen molar-refractivity contribution in [1.82, 2.24) is 0 Å². The van der Waals surface area contributed by atoms with Crippen molar-refractivity contribution in [3.8, 4) is 11.5 Å². The average molecular weight is 456 g/mol. The maximum Gasteiger partial charge on any atom is 0.312 e. The Labute approximate surface area is 173 Å². The molecule has 1 aromatic rings. The quantitative estimate of drug-likeness (QED) is 0.459. The van der Waals surface area contributed by atoms with Crippen molar-refractivity contribution in [2.75, 3.05) is 13.2 Å². The van der Waals surface area contributed by atoms with Gasteiger partial charge in [-0.2, -0.15) is 0 Å². The van der Waals surface area contributed by atoms with E-state index in [0.29, 0.717) is 41.6 Å². The van der Waals surface area contributed by atoms with E-state index in [1.165, 1.54) is 19.3 Å². The fourth-order valence-corrected chi connectivity index (χ4v) is 7.80. The first-order valence-corrected chi connectivity index (χ1v) is 11.1. The summed E-state index contributed by atoms with van der Waals surface area (Å²) in [5, 5.41) is 0.509. The Morgan fingerprint density at radius 2 is 1.93 bits per heavy atom. The summed E-state index contributed by atoms with van der Waals surface area (Å²) in [4.78, 5) is 13.1. The highest BCUT2D eigenvalue weighted by Crippen LogP contribution is 2.64. The standard InChI is InChI=1S/C21H24BrClO4/c22-21-9-14-4-15(10-21)8-20(7-14,12-21)19(24)27-11-13-5-16(23)18-17(6-13)25-2-1-3-26-18/h5-6,14-15H,1-4,7-12H2/t14-,15-,20?,21?/m1/s1. The second kappa shape index (κ2) is 6.55. The molecule has 0 aromatic heterocycles. The SMILES string of the molecule is O=C(OCc1cc(Cl)c2c(c1)OCCCO2)C12C[C@H]3C[C@@H](CC(Br)(C3)C1)C2. The summed E-state index contributed by atoms with van der Waals surface area (Å²) in [6.45, 7) is 1.42. The van der Waals surface area contributed by atoms with Crippen LogP contribution in [0.15, 0.2) is 12.1 Å². The van der Waals surface area contributed by atoms with E-state index in [1.807, 2.05) is 12.1 Å². The van der Waals surface area contributed by atoms with Crippen LogP contribution in [-0.4, -0.2) is 23.5 Å². The van der Waals surface area contributed by atoms with E-state index in [4.69, 9.17) is 25.8 Å². The van der Waals surface area contributed by atoms with Gasteiger partial charge in [0.2, 0.25) is 0 Å². The van der Waals surface area contributed by atoms with Crippen LogP contribution in [0.5, 0.6) is 11.5 Å². The van der Waals surface area contributed by atoms with E-state index in [0.717, 1.165) is 31.2 Å². The number of carbonyl (C=O) groups excluding carboxylic acids is 1. The molecule has 1 aromatic carbocycles. The van der Waals surface area contributed by atoms with Crippen LogP contribution in [0.2, 0.25) is 5.02 Å². The molecule has 0 N–H and O–H groups in total. The molecular weight excluding hydrogens is 432 g/mol. The summed E-state index contributed by atoms with van der Waals surface area (Å²) < 4.78 is 17.4. The first-order valence-electron chi connectivity index (χ1n) is 9.89. The van der Waals surface area contributed by atoms with Gasteiger partial charge in [-0.05, 0) is 68.1 Å². The number of rotatable bonds is 3. The van der Waals surface area contributed by atoms with Gasteiger partial charge in [0.15, 0.2) is 11.5 Å². The molecule has 4 aliphatic carbocycles. The number of carbonyl (C=O) groups is 1. The highest BCUT2D eigenvalue weighted by molar-refractivity contribution is 9.10. The number of hydrogen-bond donors (Lipinski definition) is 0. The zero-order valence-corrected chi connectivity index (χ0v) is 17.6. The molecule has 27 heavy (non-hydrogen) atoms. The Kier molecular flexibility index (Phi) is 4.39. The van der Waals surface area contributed by atoms with Gasteiger partial charge >= 0.3 is 5.97 Å². The molecule has 1 heterocycles. The van der Waals surface area contributed by atoms with Crippen LogP contribution in [0, 0.1) is 17.3 Å². The molecule has 4 bridgehead atoms. The summed E-state index contributed by atoms with van der Waals surface area (Å²) in [6.07, 6.45) is 7.39. The molecular formula is C21H24BrClO4. The zero-order chi connectivity index (χ0) is 18.6. The molecule has 6 rings (SSSR count). The van der Waals surface area contributed by atoms with Gasteiger partial charge in [0.1, 0.15) is 6.61 Å². The van der Waals surface area contributed by atoms with Gasteiger partial charge < -0.3 is 14.2 Å². The van der Waals surface area contributed by atoms with Crippen LogP contribution in [-0.2, 0) is 16.1 Å². The van der Waals surface area contributed by atoms with Crippen LogP contribution in [0.4, 0.5) is 0 Å². The molecule has 1 aliphatic heterocycles. The molecule has 4 saturated carbocycles. The van der Waals surface area contributed by atoms with Gasteiger partial charge in [-0.3, -0.25) is 4.79 Å². The van der Waals surface area contributed by atoms with Gasteiger partial charge in [-0.15, -0.1) is 0 Å². The highest BCUT2D eigenvalue weighted by atomic mass is 79.9. The first kappa shape index (κ1) is 18.1. The van der Waals surface area contributed by atoms with Crippen molar-refractivity contribution in [2.45, 2.75) is 55.9 Å². The summed E-state index contributed by atoms with van der Waals surface area (Å²) in [5.74, 6) is 2.51. The smallest absolute Gasteiger partial charge is 0.312 e. The third-order valence-corrected chi connectivity index (χ3v) is 7.86. The van der Waals surface area contributed by atoms with Crippen molar-refractivity contribution in [3.05, 3.63) is 22.7 Å². The topological polar surface area (TPSA) is 44.8 Å². The lowest BCUT2D eigenvalue weighted by Crippen LogP contribution is -2.56. The molecule has 146 valence electrons. The third-order valence-electron chi connectivity index (χ3n) is 6.65. The summed E-state index contributed by atoms with van der Waals surface area (Å²) in [5.41, 5.74) is 0.541. The number of alkyl halides is 1. The van der Waals surface area contributed by atoms with Crippen molar-refractivity contribution in [2.24, 2.45) is 17.3 Å². The molecule has 4 nitrogen and oxygen atoms in total. The normalized spacial score (nSPS) is 36.4. The maximum atomic E-state index is 13.1. The van der Waals surface area contributed by atoms with E-state index in [2.05, 4.69) is 15.9 Å². The minimum Gasteiger partial charge on any atom is -0.489 e. The summed E-state index contributed by atoms with van der Waals surface area (Å²) in [6, 6.07) is 3.69. The molecule has 6 heteroatoms. The highest BCUT2D eigenvalue weighted by Gasteiger charge is 2.60. The van der Waals surface area contributed by atoms with Gasteiger partial charge in [-0.1, -0.05) is 27.5 Å². The Morgan fingerprint density at radius 3 is 2.67 bits per heavy atom. The number of fused-ring (bicyclic) bond motifs is 1. The predicted molar refractivity (Wildman–Crippen MR) is 106 cm³/mol. The van der Waals surface area contributed by atoms with Crippen molar-refractivity contribution in [1.29, 1.82) is 0 Å². The molecule has 0 amide bonds. The summed E-state index contributed by atoms with van der Waals surface area (Å²) in [7, 11) is 0. The van der Waals surface area contributed by atoms with Gasteiger partial charge in [0.25, 0.3) is 0 Å². The van der Waals surface area contributed by atoms with Gasteiger partial charge in [0, 0.05) is 10.7 Å². The van der Waals surface area contributed by atoms with Crippen LogP contribution in [0.25, 0.3) is 0 Å². The van der Waals surface area contributed by atoms with E-state index >= 15 is 0 Å². The molecule has 4 fully saturated rings. The molecule has 0 radical (unpaired) electrons. The van der Waals surface area contributed by atoms with E-state index in [9.17, 15) is 4.79 Å². The minimum atomic E-state index is -0.303. The minimum absolute atomic E-state index is 0.0383. The van der Waals surface area contributed by atoms with Crippen LogP contribution >= 0.6 is 27.5 Å². The fourth-order valence-electron chi connectivity index (χ4n) is 6.06. The molecule has 0 spiro atoms. The lowest BCUT2D eigenvalue weighted by molar-refractivity contribution is -0.170. The van der Waals surface area contributed by atoms with Crippen molar-refractivity contribution < 1.29 is 19.0 Å². The van der Waals surface area contributed by atoms with E-state index < -0.39 is 0 Å². The van der Waals surface area contributed by atoms with Gasteiger partial charge in [0.05, 0.1) is 23.7 Å². The zero-order valence-electron chi connectivity index (χ0n) is 15.3. The van der Waals surface area contributed by atoms with Crippen molar-refractivity contribution >= 4 is 33.5 Å². The Hall–Kier alpha value is -0.940. The largest absolute Gasteiger partial charge is 0.489 e. The first-order chi connectivity index (χ1) is 12.9. The van der Waals surface area contributed by atoms with E-state index in [1.54, 1.807) is 0 Å². The molecule has 0 saturated heterocycles. The number of halogens is 2. The lowest BCUT2D eigenvalue weighted by Gasteiger charge is -2.58. The van der Waals surface area contributed by atoms with Crippen LogP contribution in [0.3, 0.4) is 0 Å². The lowest BCUT2D eigenvalue weighted by atomic mass is 9.49. The summed E-state index contributed by atoms with van der Waals surface area (Å²) >= 11 is 10.3. The number of esters is 1. The Bertz CT molecular complexity index is 766. The molecule has 2 atom stereocenters. The average Bonchev–Trinajstić information content (AvgIpc) is 2.83. The second-order valence-electron chi connectivity index (χ2n) is 8.92. The van der Waals surface area contributed by atoms with Crippen LogP contribution in [0.1, 0.15) is 50.5 Å². The molecule has 0 unspecified atom stereocenters. The predicted octanol–water partition coefficient (Wildman–Crippen LogP) is 5.28. The fraction of sp³-hybridized carbons (Fsp3) is 0.667. The second-order valence-corrected chi connectivity index (χ2v) is 11.0. The number of hydrogen-bond acceptors (Lipinski definition) is 4. The maximum absolute atomic E-state index is 13.1. The third kappa shape index (κ3) is 3.25. The van der Waals surface area contributed by atoms with Crippen LogP contribution < -0.4 is 9.47 Å². The van der Waals surface area contributed by atoms with E-state index in [-0.39, 0.29) is 22.3 Å². The van der Waals surface area contributed by atoms with Gasteiger partial charge in [-0.25, -0.2) is 0 Å². The monoisotopic (exact) mass is 454 g/mol. The molecule has 5 aliphatic rings. The Morgan fingerprint density at radius 1 is 1.19 bits per heavy atom. The number of benzene rings is 1. The van der Waals surface area contributed by atoms with Crippen molar-refractivity contribution in [3.63, 3.8) is 0 Å². The Balaban J connectivity index is 1.31.